The fourth-order valence-corrected chi connectivity index (χ4v) is 1.89. The van der Waals surface area contributed by atoms with Crippen LogP contribution in [0.1, 0.15) is 25.3 Å². The molecule has 2 rings (SSSR count). The molecule has 114 valence electrons. The third-order valence-corrected chi connectivity index (χ3v) is 3.11. The van der Waals surface area contributed by atoms with Gasteiger partial charge in [0.1, 0.15) is 5.75 Å². The van der Waals surface area contributed by atoms with E-state index in [2.05, 4.69) is 15.4 Å². The zero-order valence-electron chi connectivity index (χ0n) is 11.4. The van der Waals surface area contributed by atoms with E-state index in [-0.39, 0.29) is 18.3 Å². The molecule has 21 heavy (non-hydrogen) atoms. The molecule has 1 aromatic rings. The van der Waals surface area contributed by atoms with Crippen molar-refractivity contribution >= 4 is 6.03 Å². The lowest BCUT2D eigenvalue weighted by Crippen LogP contribution is -2.36. The molecule has 0 radical (unpaired) electrons. The minimum Gasteiger partial charge on any atom is -0.406 e. The Balaban J connectivity index is 1.87. The van der Waals surface area contributed by atoms with Crippen molar-refractivity contribution in [1.29, 1.82) is 0 Å². The number of benzene rings is 1. The highest BCUT2D eigenvalue weighted by molar-refractivity contribution is 5.76. The summed E-state index contributed by atoms with van der Waals surface area (Å²) < 4.78 is 40.1. The Hall–Kier alpha value is -2.18. The molecule has 7 heteroatoms. The molecule has 0 unspecified atom stereocenters. The van der Waals surface area contributed by atoms with Gasteiger partial charge in [0.15, 0.2) is 0 Å². The van der Waals surface area contributed by atoms with Gasteiger partial charge in [-0.1, -0.05) is 17.7 Å². The van der Waals surface area contributed by atoms with Crippen molar-refractivity contribution in [3.05, 3.63) is 41.1 Å². The van der Waals surface area contributed by atoms with Crippen LogP contribution in [0.5, 0.6) is 5.75 Å². The van der Waals surface area contributed by atoms with Crippen LogP contribution in [0.15, 0.2) is 35.5 Å². The maximum Gasteiger partial charge on any atom is 0.573 e. The van der Waals surface area contributed by atoms with Gasteiger partial charge in [0.2, 0.25) is 0 Å². The monoisotopic (exact) mass is 300 g/mol. The molecule has 4 nitrogen and oxygen atoms in total. The second kappa shape index (κ2) is 6.07. The quantitative estimate of drug-likeness (QED) is 0.894. The van der Waals surface area contributed by atoms with Crippen molar-refractivity contribution in [2.45, 2.75) is 32.7 Å². The topological polar surface area (TPSA) is 50.4 Å². The van der Waals surface area contributed by atoms with Gasteiger partial charge in [0.25, 0.3) is 0 Å². The van der Waals surface area contributed by atoms with Crippen molar-refractivity contribution in [3.63, 3.8) is 0 Å². The lowest BCUT2D eigenvalue weighted by atomic mass is 9.96. The molecule has 0 aliphatic heterocycles. The van der Waals surface area contributed by atoms with Crippen molar-refractivity contribution in [2.75, 3.05) is 0 Å². The summed E-state index contributed by atoms with van der Waals surface area (Å²) in [4.78, 5) is 11.6. The summed E-state index contributed by atoms with van der Waals surface area (Å²) in [6.45, 7) is 2.06. The van der Waals surface area contributed by atoms with Gasteiger partial charge in [-0.3, -0.25) is 0 Å². The highest BCUT2D eigenvalue weighted by Gasteiger charge is 2.31. The third-order valence-electron chi connectivity index (χ3n) is 3.11. The first-order chi connectivity index (χ1) is 9.83. The first-order valence-corrected chi connectivity index (χ1v) is 6.41. The van der Waals surface area contributed by atoms with Gasteiger partial charge in [-0.25, -0.2) is 4.79 Å². The molecular weight excluding hydrogens is 285 g/mol. The first kappa shape index (κ1) is 15.2. The van der Waals surface area contributed by atoms with Gasteiger partial charge in [-0.2, -0.15) is 0 Å². The summed E-state index contributed by atoms with van der Waals surface area (Å²) in [5, 5.41) is 5.30. The maximum absolute atomic E-state index is 12.1. The highest BCUT2D eigenvalue weighted by Crippen LogP contribution is 2.24. The van der Waals surface area contributed by atoms with Crippen LogP contribution < -0.4 is 15.4 Å². The van der Waals surface area contributed by atoms with Crippen molar-refractivity contribution in [2.24, 2.45) is 0 Å². The Morgan fingerprint density at radius 3 is 2.67 bits per heavy atom. The molecule has 0 fully saturated rings. The van der Waals surface area contributed by atoms with Gasteiger partial charge >= 0.3 is 12.4 Å². The van der Waals surface area contributed by atoms with Crippen LogP contribution in [0.2, 0.25) is 0 Å². The maximum atomic E-state index is 12.1. The average molecular weight is 300 g/mol. The second-order valence-electron chi connectivity index (χ2n) is 4.76. The molecule has 0 saturated heterocycles. The first-order valence-electron chi connectivity index (χ1n) is 6.41. The minimum atomic E-state index is -4.72. The molecule has 1 aliphatic rings. The van der Waals surface area contributed by atoms with Crippen LogP contribution in [-0.2, 0) is 6.54 Å². The Bertz CT molecular complexity index is 568. The van der Waals surface area contributed by atoms with E-state index in [1.807, 2.05) is 6.92 Å². The zero-order valence-corrected chi connectivity index (χ0v) is 11.4. The van der Waals surface area contributed by atoms with E-state index < -0.39 is 6.36 Å². The Kier molecular flexibility index (Phi) is 4.40. The van der Waals surface area contributed by atoms with E-state index >= 15 is 0 Å². The summed E-state index contributed by atoms with van der Waals surface area (Å²) in [5.74, 6) is -0.306. The Labute approximate surface area is 120 Å². The second-order valence-corrected chi connectivity index (χ2v) is 4.76. The fourth-order valence-electron chi connectivity index (χ4n) is 1.89. The number of nitrogens with one attached hydrogen (secondary N) is 2. The van der Waals surface area contributed by atoms with Gasteiger partial charge < -0.3 is 15.4 Å². The summed E-state index contributed by atoms with van der Waals surface area (Å²) in [6, 6.07) is 5.12. The smallest absolute Gasteiger partial charge is 0.406 e. The molecule has 0 bridgehead atoms. The number of carbonyl (C=O) groups is 1. The Morgan fingerprint density at radius 1 is 1.33 bits per heavy atom. The molecular formula is C14H15F3N2O2. The SMILES string of the molecule is CC1=C(NC(=O)NCc2cccc(OC(F)(F)F)c2)CC1. The van der Waals surface area contributed by atoms with Gasteiger partial charge in [-0.15, -0.1) is 13.2 Å². The largest absolute Gasteiger partial charge is 0.573 e. The lowest BCUT2D eigenvalue weighted by molar-refractivity contribution is -0.274. The summed E-state index contributed by atoms with van der Waals surface area (Å²) in [6.07, 6.45) is -2.90. The molecule has 0 saturated carbocycles. The van der Waals surface area contributed by atoms with E-state index in [1.54, 1.807) is 6.07 Å². The Morgan fingerprint density at radius 2 is 2.10 bits per heavy atom. The number of rotatable bonds is 4. The third kappa shape index (κ3) is 4.70. The van der Waals surface area contributed by atoms with Crippen LogP contribution in [0.4, 0.5) is 18.0 Å². The summed E-state index contributed by atoms with van der Waals surface area (Å²) in [5.41, 5.74) is 2.57. The predicted molar refractivity (Wildman–Crippen MR) is 70.4 cm³/mol. The van der Waals surface area contributed by atoms with Crippen LogP contribution >= 0.6 is 0 Å². The van der Waals surface area contributed by atoms with Gasteiger partial charge in [-0.05, 0) is 37.5 Å². The predicted octanol–water partition coefficient (Wildman–Crippen LogP) is 3.45. The molecule has 1 aliphatic carbocycles. The number of amides is 2. The molecule has 0 atom stereocenters. The highest BCUT2D eigenvalue weighted by atomic mass is 19.4. The van der Waals surface area contributed by atoms with Crippen molar-refractivity contribution < 1.29 is 22.7 Å². The standard InChI is InChI=1S/C14H15F3N2O2/c1-9-5-6-12(9)19-13(20)18-8-10-3-2-4-11(7-10)21-14(15,16)17/h2-4,7H,5-6,8H2,1H3,(H2,18,19,20). The van der Waals surface area contributed by atoms with E-state index in [0.717, 1.165) is 24.1 Å². The minimum absolute atomic E-state index is 0.118. The van der Waals surface area contributed by atoms with E-state index in [1.165, 1.54) is 18.2 Å². The summed E-state index contributed by atoms with van der Waals surface area (Å²) >= 11 is 0. The molecule has 2 amide bonds. The number of carbonyl (C=O) groups excluding carboxylic acids is 1. The molecule has 0 heterocycles. The molecule has 1 aromatic carbocycles. The number of hydrogen-bond acceptors (Lipinski definition) is 2. The van der Waals surface area contributed by atoms with Crippen LogP contribution in [0.25, 0.3) is 0 Å². The number of halogens is 3. The van der Waals surface area contributed by atoms with Gasteiger partial charge in [0.05, 0.1) is 0 Å². The van der Waals surface area contributed by atoms with Crippen LogP contribution in [0, 0.1) is 0 Å². The number of allylic oxidation sites excluding steroid dienone is 2. The van der Waals surface area contributed by atoms with Crippen LogP contribution in [-0.4, -0.2) is 12.4 Å². The van der Waals surface area contributed by atoms with Crippen molar-refractivity contribution in [3.8, 4) is 5.75 Å². The normalized spacial score (nSPS) is 14.5. The average Bonchev–Trinajstić information content (AvgIpc) is 2.39. The number of alkyl halides is 3. The summed E-state index contributed by atoms with van der Waals surface area (Å²) in [7, 11) is 0. The van der Waals surface area contributed by atoms with Crippen LogP contribution in [0.3, 0.4) is 0 Å². The molecule has 0 aromatic heterocycles. The van der Waals surface area contributed by atoms with E-state index in [0.29, 0.717) is 5.56 Å². The van der Waals surface area contributed by atoms with Crippen molar-refractivity contribution in [1.82, 2.24) is 10.6 Å². The zero-order chi connectivity index (χ0) is 15.5. The molecule has 2 N–H and O–H groups in total. The van der Waals surface area contributed by atoms with Gasteiger partial charge in [0, 0.05) is 12.2 Å². The fraction of sp³-hybridized carbons (Fsp3) is 0.357. The number of urea groups is 1. The molecule has 0 spiro atoms. The number of hydrogen-bond donors (Lipinski definition) is 2. The lowest BCUT2D eigenvalue weighted by Gasteiger charge is -2.21. The number of ether oxygens (including phenoxy) is 1. The van der Waals surface area contributed by atoms with E-state index in [9.17, 15) is 18.0 Å². The van der Waals surface area contributed by atoms with E-state index in [4.69, 9.17) is 0 Å².